The first-order chi connectivity index (χ1) is 7.77. The number of carbonyl (C=O) groups is 1. The van der Waals surface area contributed by atoms with Gasteiger partial charge in [0.25, 0.3) is 0 Å². The zero-order chi connectivity index (χ0) is 13.3. The summed E-state index contributed by atoms with van der Waals surface area (Å²) in [6.45, 7) is 1.18. The lowest BCUT2D eigenvalue weighted by atomic mass is 9.97. The van der Waals surface area contributed by atoms with E-state index in [2.05, 4.69) is 0 Å². The molecule has 0 fully saturated rings. The topological polar surface area (TPSA) is 138 Å². The highest BCUT2D eigenvalue weighted by Gasteiger charge is 2.28. The number of hydrogen-bond donors (Lipinski definition) is 6. The van der Waals surface area contributed by atoms with E-state index >= 15 is 0 Å². The van der Waals surface area contributed by atoms with E-state index in [1.807, 2.05) is 0 Å². The molecule has 94 valence electrons. The molecule has 0 radical (unpaired) electrons. The molecule has 2 atom stereocenters. The first-order valence-corrected chi connectivity index (χ1v) is 4.64. The molecule has 1 rings (SSSR count). The first-order valence-electron chi connectivity index (χ1n) is 4.64. The Morgan fingerprint density at radius 2 is 1.71 bits per heavy atom. The normalized spacial score (nSPS) is 14.3. The van der Waals surface area contributed by atoms with Crippen LogP contribution in [0.5, 0.6) is 17.2 Å². The number of aliphatic hydroxyl groups excluding tert-OH is 2. The third-order valence-corrected chi connectivity index (χ3v) is 2.28. The number of rotatable bonds is 3. The van der Waals surface area contributed by atoms with Crippen molar-refractivity contribution in [3.05, 3.63) is 17.2 Å². The number of hydrogen-bond acceptors (Lipinski definition) is 6. The summed E-state index contributed by atoms with van der Waals surface area (Å²) in [5, 5.41) is 55.4. The summed E-state index contributed by atoms with van der Waals surface area (Å²) in [6, 6.07) is 0.679. The molecular weight excluding hydrogens is 232 g/mol. The van der Waals surface area contributed by atoms with Gasteiger partial charge in [0.1, 0.15) is 6.10 Å². The average Bonchev–Trinajstić information content (AvgIpc) is 2.24. The maximum absolute atomic E-state index is 10.9. The molecule has 0 spiro atoms. The second-order valence-electron chi connectivity index (χ2n) is 3.54. The molecule has 1 aromatic carbocycles. The number of aromatic carboxylic acids is 1. The fourth-order valence-electron chi connectivity index (χ4n) is 1.38. The van der Waals surface area contributed by atoms with Gasteiger partial charge in [0, 0.05) is 5.56 Å². The minimum absolute atomic E-state index is 0.553. The third-order valence-electron chi connectivity index (χ3n) is 2.28. The van der Waals surface area contributed by atoms with E-state index in [1.54, 1.807) is 0 Å². The van der Waals surface area contributed by atoms with Crippen LogP contribution in [-0.2, 0) is 0 Å². The third kappa shape index (κ3) is 2.24. The van der Waals surface area contributed by atoms with Crippen molar-refractivity contribution in [2.75, 3.05) is 0 Å². The highest BCUT2D eigenvalue weighted by Crippen LogP contribution is 2.42. The van der Waals surface area contributed by atoms with Crippen molar-refractivity contribution in [1.82, 2.24) is 0 Å². The van der Waals surface area contributed by atoms with Crippen LogP contribution in [0.25, 0.3) is 0 Å². The Morgan fingerprint density at radius 1 is 1.18 bits per heavy atom. The molecule has 0 aromatic heterocycles. The van der Waals surface area contributed by atoms with Gasteiger partial charge >= 0.3 is 5.97 Å². The molecule has 0 heterocycles. The van der Waals surface area contributed by atoms with E-state index in [0.717, 1.165) is 0 Å². The van der Waals surface area contributed by atoms with Gasteiger partial charge in [-0.05, 0) is 13.0 Å². The van der Waals surface area contributed by atoms with Crippen LogP contribution >= 0.6 is 0 Å². The molecule has 6 N–H and O–H groups in total. The Hall–Kier alpha value is -1.99. The summed E-state index contributed by atoms with van der Waals surface area (Å²) in [5.41, 5.74) is -1.16. The fourth-order valence-corrected chi connectivity index (χ4v) is 1.38. The van der Waals surface area contributed by atoms with E-state index in [4.69, 9.17) is 15.3 Å². The lowest BCUT2D eigenvalue weighted by molar-refractivity contribution is 0.0274. The number of phenolic OH excluding ortho intramolecular Hbond substituents is 3. The fraction of sp³-hybridized carbons (Fsp3) is 0.300. The standard InChI is InChI=1S/C10H12O7/c1-3(11)7(13)6-4(10(16)17)2-5(12)8(14)9(6)15/h2-3,7,11-15H,1H3,(H,16,17). The minimum atomic E-state index is -1.70. The molecule has 0 aliphatic carbocycles. The van der Waals surface area contributed by atoms with Gasteiger partial charge in [-0.25, -0.2) is 4.79 Å². The highest BCUT2D eigenvalue weighted by molar-refractivity contribution is 5.92. The van der Waals surface area contributed by atoms with Gasteiger partial charge in [0.05, 0.1) is 11.7 Å². The van der Waals surface area contributed by atoms with Gasteiger partial charge in [-0.15, -0.1) is 0 Å². The Balaban J connectivity index is 3.55. The first kappa shape index (κ1) is 13.1. The van der Waals surface area contributed by atoms with Crippen LogP contribution in [0.3, 0.4) is 0 Å². The number of phenols is 3. The van der Waals surface area contributed by atoms with Crippen molar-refractivity contribution in [2.45, 2.75) is 19.1 Å². The zero-order valence-electron chi connectivity index (χ0n) is 8.82. The van der Waals surface area contributed by atoms with Crippen molar-refractivity contribution in [2.24, 2.45) is 0 Å². The molecule has 7 heteroatoms. The average molecular weight is 244 g/mol. The van der Waals surface area contributed by atoms with Crippen molar-refractivity contribution < 1.29 is 35.4 Å². The predicted octanol–water partition coefficient (Wildman–Crippen LogP) is -0.0842. The quantitative estimate of drug-likeness (QED) is 0.408. The van der Waals surface area contributed by atoms with Crippen LogP contribution in [0.1, 0.15) is 28.9 Å². The summed E-state index contributed by atoms with van der Waals surface area (Å²) >= 11 is 0. The molecule has 17 heavy (non-hydrogen) atoms. The number of aliphatic hydroxyl groups is 2. The lowest BCUT2D eigenvalue weighted by Gasteiger charge is -2.18. The minimum Gasteiger partial charge on any atom is -0.504 e. The number of aromatic hydroxyl groups is 3. The summed E-state index contributed by atoms with van der Waals surface area (Å²) in [6.07, 6.45) is -3.06. The Kier molecular flexibility index (Phi) is 3.45. The van der Waals surface area contributed by atoms with E-state index < -0.39 is 46.6 Å². The molecule has 0 amide bonds. The SMILES string of the molecule is CC(O)C(O)c1c(C(=O)O)cc(O)c(O)c1O. The zero-order valence-corrected chi connectivity index (χ0v) is 8.82. The largest absolute Gasteiger partial charge is 0.504 e. The number of carboxylic acid groups (broad SMARTS) is 1. The molecule has 7 nitrogen and oxygen atoms in total. The van der Waals surface area contributed by atoms with Crippen LogP contribution in [-0.4, -0.2) is 42.7 Å². The van der Waals surface area contributed by atoms with E-state index in [0.29, 0.717) is 6.07 Å². The van der Waals surface area contributed by atoms with E-state index in [9.17, 15) is 20.1 Å². The summed E-state index contributed by atoms with van der Waals surface area (Å²) < 4.78 is 0. The van der Waals surface area contributed by atoms with Crippen LogP contribution in [0.2, 0.25) is 0 Å². The molecule has 0 aliphatic rings. The highest BCUT2D eigenvalue weighted by atomic mass is 16.4. The van der Waals surface area contributed by atoms with Gasteiger partial charge in [0.2, 0.25) is 5.75 Å². The second-order valence-corrected chi connectivity index (χ2v) is 3.54. The Labute approximate surface area is 95.8 Å². The summed E-state index contributed by atoms with van der Waals surface area (Å²) in [4.78, 5) is 10.9. The van der Waals surface area contributed by atoms with Gasteiger partial charge in [-0.1, -0.05) is 0 Å². The molecular formula is C10H12O7. The molecule has 0 saturated carbocycles. The van der Waals surface area contributed by atoms with Crippen molar-refractivity contribution >= 4 is 5.97 Å². The molecule has 0 aliphatic heterocycles. The van der Waals surface area contributed by atoms with E-state index in [-0.39, 0.29) is 0 Å². The van der Waals surface area contributed by atoms with Crippen molar-refractivity contribution in [3.8, 4) is 17.2 Å². The van der Waals surface area contributed by atoms with Gasteiger partial charge < -0.3 is 30.6 Å². The number of carboxylic acids is 1. The lowest BCUT2D eigenvalue weighted by Crippen LogP contribution is -2.17. The Bertz CT molecular complexity index is 452. The van der Waals surface area contributed by atoms with E-state index in [1.165, 1.54) is 6.92 Å². The maximum atomic E-state index is 10.9. The molecule has 0 saturated heterocycles. The molecule has 2 unspecified atom stereocenters. The smallest absolute Gasteiger partial charge is 0.336 e. The molecule has 1 aromatic rings. The van der Waals surface area contributed by atoms with Gasteiger partial charge in [-0.3, -0.25) is 0 Å². The van der Waals surface area contributed by atoms with Crippen molar-refractivity contribution in [3.63, 3.8) is 0 Å². The predicted molar refractivity (Wildman–Crippen MR) is 55.0 cm³/mol. The van der Waals surface area contributed by atoms with Crippen molar-refractivity contribution in [1.29, 1.82) is 0 Å². The van der Waals surface area contributed by atoms with Crippen LogP contribution in [0.4, 0.5) is 0 Å². The Morgan fingerprint density at radius 3 is 2.12 bits per heavy atom. The number of benzene rings is 1. The van der Waals surface area contributed by atoms with Gasteiger partial charge in [0.15, 0.2) is 11.5 Å². The molecule has 0 bridgehead atoms. The van der Waals surface area contributed by atoms with Crippen LogP contribution in [0.15, 0.2) is 6.07 Å². The summed E-state index contributed by atoms with van der Waals surface area (Å²) in [5.74, 6) is -4.28. The van der Waals surface area contributed by atoms with Crippen LogP contribution in [0, 0.1) is 0 Å². The maximum Gasteiger partial charge on any atom is 0.336 e. The monoisotopic (exact) mass is 244 g/mol. The second kappa shape index (κ2) is 4.48. The van der Waals surface area contributed by atoms with Gasteiger partial charge in [-0.2, -0.15) is 0 Å². The van der Waals surface area contributed by atoms with Crippen LogP contribution < -0.4 is 0 Å². The summed E-state index contributed by atoms with van der Waals surface area (Å²) in [7, 11) is 0.